The van der Waals surface area contributed by atoms with Gasteiger partial charge in [-0.2, -0.15) is 0 Å². The van der Waals surface area contributed by atoms with Crippen molar-refractivity contribution >= 4 is 23.5 Å². The molecule has 0 saturated carbocycles. The first-order valence-electron chi connectivity index (χ1n) is 9.80. The molecule has 2 N–H and O–H groups in total. The summed E-state index contributed by atoms with van der Waals surface area (Å²) in [6, 6.07) is 5.26. The zero-order valence-corrected chi connectivity index (χ0v) is 19.0. The maximum absolute atomic E-state index is 13.2. The number of methoxy groups -OCH3 is 2. The Morgan fingerprint density at radius 2 is 1.97 bits per heavy atom. The summed E-state index contributed by atoms with van der Waals surface area (Å²) in [5.74, 6) is 0.712. The molecule has 9 heteroatoms. The van der Waals surface area contributed by atoms with Crippen LogP contribution in [0.2, 0.25) is 0 Å². The van der Waals surface area contributed by atoms with Crippen LogP contribution < -0.4 is 20.3 Å². The molecule has 2 heterocycles. The molecule has 0 aliphatic carbocycles. The third-order valence-electron chi connectivity index (χ3n) is 4.85. The number of H-pyrrole nitrogens is 1. The number of aromatic amines is 1. The third-order valence-corrected chi connectivity index (χ3v) is 5.72. The van der Waals surface area contributed by atoms with Crippen LogP contribution in [0.15, 0.2) is 64.7 Å². The zero-order valence-electron chi connectivity index (χ0n) is 18.2. The van der Waals surface area contributed by atoms with Crippen molar-refractivity contribution in [3.05, 3.63) is 76.3 Å². The second-order valence-corrected chi connectivity index (χ2v) is 7.84. The number of allylic oxidation sites excluding steroid dienone is 1. The summed E-state index contributed by atoms with van der Waals surface area (Å²) in [4.78, 5) is 33.5. The minimum absolute atomic E-state index is 0.0485. The lowest BCUT2D eigenvalue weighted by molar-refractivity contribution is -0.138. The van der Waals surface area contributed by atoms with Gasteiger partial charge in [-0.3, -0.25) is 4.79 Å². The van der Waals surface area contributed by atoms with Crippen molar-refractivity contribution in [2.24, 2.45) is 0 Å². The number of thioether (sulfide) groups is 1. The summed E-state index contributed by atoms with van der Waals surface area (Å²) < 4.78 is 16.1. The normalized spacial score (nSPS) is 14.8. The Balaban J connectivity index is 2.21. The van der Waals surface area contributed by atoms with Gasteiger partial charge in [-0.25, -0.2) is 9.78 Å². The molecule has 0 amide bonds. The van der Waals surface area contributed by atoms with Crippen LogP contribution in [0.1, 0.15) is 24.0 Å². The molecule has 0 unspecified atom stereocenters. The molecule has 32 heavy (non-hydrogen) atoms. The highest BCUT2D eigenvalue weighted by atomic mass is 32.2. The van der Waals surface area contributed by atoms with Crippen LogP contribution in [0, 0.1) is 0 Å². The first-order chi connectivity index (χ1) is 15.4. The van der Waals surface area contributed by atoms with E-state index >= 15 is 0 Å². The molecule has 0 spiro atoms. The van der Waals surface area contributed by atoms with Crippen molar-refractivity contribution in [3.8, 4) is 11.5 Å². The molecule has 1 aromatic heterocycles. The molecule has 0 fully saturated rings. The predicted molar refractivity (Wildman–Crippen MR) is 125 cm³/mol. The van der Waals surface area contributed by atoms with Gasteiger partial charge in [0.2, 0.25) is 0 Å². The van der Waals surface area contributed by atoms with E-state index in [4.69, 9.17) is 14.2 Å². The smallest absolute Gasteiger partial charge is 0.337 e. The zero-order chi connectivity index (χ0) is 23.3. The molecule has 0 radical (unpaired) electrons. The number of nitrogens with one attached hydrogen (secondary N) is 2. The maximum Gasteiger partial charge on any atom is 0.337 e. The number of anilines is 1. The van der Waals surface area contributed by atoms with Crippen molar-refractivity contribution in [1.82, 2.24) is 9.97 Å². The Morgan fingerprint density at radius 1 is 1.22 bits per heavy atom. The van der Waals surface area contributed by atoms with Crippen molar-refractivity contribution in [2.45, 2.75) is 18.0 Å². The number of hydrogen-bond donors (Lipinski definition) is 2. The summed E-state index contributed by atoms with van der Waals surface area (Å²) in [7, 11) is 3.06. The van der Waals surface area contributed by atoms with E-state index < -0.39 is 11.9 Å². The lowest BCUT2D eigenvalue weighted by Crippen LogP contribution is -2.31. The molecule has 1 atom stereocenters. The van der Waals surface area contributed by atoms with Gasteiger partial charge in [0, 0.05) is 11.4 Å². The second-order valence-electron chi connectivity index (χ2n) is 6.83. The van der Waals surface area contributed by atoms with E-state index in [2.05, 4.69) is 28.4 Å². The highest BCUT2D eigenvalue weighted by molar-refractivity contribution is 7.99. The van der Waals surface area contributed by atoms with Crippen molar-refractivity contribution in [2.75, 3.05) is 31.9 Å². The molecule has 1 aromatic carbocycles. The topological polar surface area (TPSA) is 103 Å². The fraction of sp³-hybridized carbons (Fsp3) is 0.261. The highest BCUT2D eigenvalue weighted by Gasteiger charge is 2.36. The highest BCUT2D eigenvalue weighted by Crippen LogP contribution is 2.42. The summed E-state index contributed by atoms with van der Waals surface area (Å²) in [6.45, 7) is 9.07. The van der Waals surface area contributed by atoms with E-state index in [1.54, 1.807) is 31.2 Å². The Kier molecular flexibility index (Phi) is 7.42. The van der Waals surface area contributed by atoms with E-state index in [9.17, 15) is 9.59 Å². The molecule has 1 aliphatic heterocycles. The minimum Gasteiger partial charge on any atom is -0.493 e. The molecular formula is C23H25N3O5S. The monoisotopic (exact) mass is 455 g/mol. The van der Waals surface area contributed by atoms with Gasteiger partial charge in [0.25, 0.3) is 5.56 Å². The Morgan fingerprint density at radius 3 is 2.62 bits per heavy atom. The van der Waals surface area contributed by atoms with Gasteiger partial charge in [0.1, 0.15) is 12.4 Å². The number of fused-ring (bicyclic) bond motifs is 1. The summed E-state index contributed by atoms with van der Waals surface area (Å²) in [5, 5.41) is 3.56. The van der Waals surface area contributed by atoms with Crippen LogP contribution in [0.4, 0.5) is 5.82 Å². The minimum atomic E-state index is -0.724. The van der Waals surface area contributed by atoms with E-state index in [-0.39, 0.29) is 12.2 Å². The van der Waals surface area contributed by atoms with E-state index in [1.807, 2.05) is 0 Å². The van der Waals surface area contributed by atoms with Gasteiger partial charge in [0.05, 0.1) is 31.3 Å². The predicted octanol–water partition coefficient (Wildman–Crippen LogP) is 3.63. The average Bonchev–Trinajstić information content (AvgIpc) is 2.79. The molecule has 1 aliphatic rings. The molecule has 0 bridgehead atoms. The number of nitrogens with zero attached hydrogens (tertiary/aromatic N) is 1. The summed E-state index contributed by atoms with van der Waals surface area (Å²) in [6.07, 6.45) is 3.21. The van der Waals surface area contributed by atoms with Crippen LogP contribution in [-0.4, -0.2) is 42.5 Å². The molecular weight excluding hydrogens is 430 g/mol. The first kappa shape index (κ1) is 23.2. The van der Waals surface area contributed by atoms with E-state index in [0.29, 0.717) is 50.6 Å². The average molecular weight is 456 g/mol. The number of hydrogen-bond acceptors (Lipinski definition) is 8. The van der Waals surface area contributed by atoms with Crippen molar-refractivity contribution in [3.63, 3.8) is 0 Å². The summed E-state index contributed by atoms with van der Waals surface area (Å²) >= 11 is 1.35. The molecule has 0 saturated heterocycles. The number of ether oxygens (including phenoxy) is 3. The molecule has 2 aromatic rings. The van der Waals surface area contributed by atoms with Crippen LogP contribution in [0.5, 0.6) is 11.5 Å². The lowest BCUT2D eigenvalue weighted by atomic mass is 9.82. The van der Waals surface area contributed by atoms with Crippen molar-refractivity contribution in [1.29, 1.82) is 0 Å². The Bertz CT molecular complexity index is 1140. The van der Waals surface area contributed by atoms with Gasteiger partial charge in [0.15, 0.2) is 16.7 Å². The van der Waals surface area contributed by atoms with Gasteiger partial charge < -0.3 is 24.5 Å². The van der Waals surface area contributed by atoms with E-state index in [1.165, 1.54) is 32.1 Å². The van der Waals surface area contributed by atoms with E-state index in [0.717, 1.165) is 0 Å². The fourth-order valence-electron chi connectivity index (χ4n) is 3.49. The number of rotatable bonds is 9. The second kappa shape index (κ2) is 10.2. The standard InChI is InChI=1S/C23H25N3O5S/c1-6-10-31-22(28)17-13(3)24-20-19(21(27)26-23(25-20)32-11-7-2)18(17)14-8-9-15(29-4)16(12-14)30-5/h6-9,12,18H,1-2,10-11H2,3-5H3,(H2,24,25,26,27)/t18-/m0/s1. The number of carbonyl (C=O) groups excluding carboxylic acids is 1. The van der Waals surface area contributed by atoms with Crippen LogP contribution in [0.25, 0.3) is 0 Å². The molecule has 168 valence electrons. The van der Waals surface area contributed by atoms with Gasteiger partial charge in [-0.15, -0.1) is 6.58 Å². The number of benzene rings is 1. The largest absolute Gasteiger partial charge is 0.493 e. The van der Waals surface area contributed by atoms with Gasteiger partial charge >= 0.3 is 5.97 Å². The first-order valence-corrected chi connectivity index (χ1v) is 10.8. The number of carbonyl (C=O) groups is 1. The number of aromatic nitrogens is 2. The van der Waals surface area contributed by atoms with Crippen LogP contribution in [-0.2, 0) is 9.53 Å². The fourth-order valence-corrected chi connectivity index (χ4v) is 4.08. The van der Waals surface area contributed by atoms with Crippen LogP contribution >= 0.6 is 11.8 Å². The summed E-state index contributed by atoms with van der Waals surface area (Å²) in [5.41, 5.74) is 1.48. The van der Waals surface area contributed by atoms with Crippen molar-refractivity contribution < 1.29 is 19.0 Å². The van der Waals surface area contributed by atoms with Crippen LogP contribution in [0.3, 0.4) is 0 Å². The maximum atomic E-state index is 13.2. The van der Waals surface area contributed by atoms with Gasteiger partial charge in [-0.05, 0) is 24.6 Å². The Hall–Kier alpha value is -3.46. The number of esters is 1. The molecule has 3 rings (SSSR count). The third kappa shape index (κ3) is 4.57. The van der Waals surface area contributed by atoms with Gasteiger partial charge in [-0.1, -0.05) is 36.6 Å². The Labute approximate surface area is 190 Å². The molecule has 8 nitrogen and oxygen atoms in total. The SMILES string of the molecule is C=CCOC(=O)C1=C(C)Nc2nc(SCC=C)[nH]c(=O)c2[C@H]1c1ccc(OC)c(OC)c1. The quantitative estimate of drug-likeness (QED) is 0.256. The lowest BCUT2D eigenvalue weighted by Gasteiger charge is -2.29.